The lowest BCUT2D eigenvalue weighted by Crippen LogP contribution is -2.40. The van der Waals surface area contributed by atoms with Gasteiger partial charge in [0.05, 0.1) is 23.8 Å². The summed E-state index contributed by atoms with van der Waals surface area (Å²) in [6.07, 6.45) is 1.44. The van der Waals surface area contributed by atoms with Crippen molar-refractivity contribution < 1.29 is 22.3 Å². The Labute approximate surface area is 169 Å². The molecule has 0 saturated carbocycles. The summed E-state index contributed by atoms with van der Waals surface area (Å²) in [5.74, 6) is -0.589. The number of fused-ring (bicyclic) bond motifs is 1. The number of carbonyl (C=O) groups is 1. The van der Waals surface area contributed by atoms with Crippen molar-refractivity contribution in [3.63, 3.8) is 0 Å². The number of hydrogen-bond acceptors (Lipinski definition) is 4. The molecular formula is C21H23FN2O4S. The lowest BCUT2D eigenvalue weighted by atomic mass is 9.97. The Kier molecular flexibility index (Phi) is 5.42. The van der Waals surface area contributed by atoms with Gasteiger partial charge in [-0.25, -0.2) is 12.8 Å². The number of amides is 1. The van der Waals surface area contributed by atoms with Gasteiger partial charge in [-0.15, -0.1) is 0 Å². The highest BCUT2D eigenvalue weighted by Gasteiger charge is 2.29. The molecule has 0 aliphatic carbocycles. The number of halogens is 1. The molecule has 0 N–H and O–H groups in total. The molecule has 0 bridgehead atoms. The van der Waals surface area contributed by atoms with Crippen LogP contribution in [-0.2, 0) is 21.2 Å². The zero-order chi connectivity index (χ0) is 20.6. The van der Waals surface area contributed by atoms with Crippen LogP contribution < -0.4 is 4.90 Å². The summed E-state index contributed by atoms with van der Waals surface area (Å²) < 4.78 is 46.3. The van der Waals surface area contributed by atoms with E-state index in [4.69, 9.17) is 4.74 Å². The minimum Gasteiger partial charge on any atom is -0.379 e. The van der Waals surface area contributed by atoms with Crippen LogP contribution in [0.1, 0.15) is 27.9 Å². The summed E-state index contributed by atoms with van der Waals surface area (Å²) in [4.78, 5) is 15.0. The van der Waals surface area contributed by atoms with E-state index in [1.54, 1.807) is 24.0 Å². The number of benzene rings is 2. The van der Waals surface area contributed by atoms with Crippen LogP contribution in [0.4, 0.5) is 10.1 Å². The Morgan fingerprint density at radius 1 is 1.10 bits per heavy atom. The lowest BCUT2D eigenvalue weighted by Gasteiger charge is -2.31. The topological polar surface area (TPSA) is 66.9 Å². The molecule has 2 aliphatic rings. The Morgan fingerprint density at radius 3 is 2.62 bits per heavy atom. The molecule has 2 heterocycles. The van der Waals surface area contributed by atoms with Crippen LogP contribution in [-0.4, -0.2) is 51.5 Å². The first-order valence-electron chi connectivity index (χ1n) is 9.67. The van der Waals surface area contributed by atoms with E-state index in [1.165, 1.54) is 28.6 Å². The van der Waals surface area contributed by atoms with Crippen LogP contribution >= 0.6 is 0 Å². The molecule has 8 heteroatoms. The van der Waals surface area contributed by atoms with Crippen LogP contribution in [0.2, 0.25) is 0 Å². The zero-order valence-electron chi connectivity index (χ0n) is 16.2. The molecule has 0 aromatic heterocycles. The molecule has 1 amide bonds. The quantitative estimate of drug-likeness (QED) is 0.769. The number of anilines is 1. The van der Waals surface area contributed by atoms with Crippen molar-refractivity contribution in [1.82, 2.24) is 4.31 Å². The van der Waals surface area contributed by atoms with E-state index < -0.39 is 10.0 Å². The number of ether oxygens (including phenoxy) is 1. The van der Waals surface area contributed by atoms with Crippen molar-refractivity contribution >= 4 is 21.6 Å². The van der Waals surface area contributed by atoms with E-state index in [9.17, 15) is 17.6 Å². The number of rotatable bonds is 3. The smallest absolute Gasteiger partial charge is 0.258 e. The second kappa shape index (κ2) is 7.85. The third-order valence-corrected chi connectivity index (χ3v) is 7.27. The summed E-state index contributed by atoms with van der Waals surface area (Å²) in [6, 6.07) is 9.04. The fraction of sp³-hybridized carbons (Fsp3) is 0.381. The summed E-state index contributed by atoms with van der Waals surface area (Å²) in [7, 11) is -3.69. The van der Waals surface area contributed by atoms with Crippen LogP contribution in [0.25, 0.3) is 0 Å². The standard InChI is InChI=1S/C21H23FN2O4S/c1-15-12-18(22)13-16-5-3-7-24(20(15)16)21(25)17-4-2-6-19(14-17)29(26,27)23-8-10-28-11-9-23/h2,4,6,12-14H,3,5,7-11H2,1H3. The first-order valence-corrected chi connectivity index (χ1v) is 11.1. The summed E-state index contributed by atoms with van der Waals surface area (Å²) >= 11 is 0. The van der Waals surface area contributed by atoms with Crippen LogP contribution in [0.15, 0.2) is 41.3 Å². The molecule has 4 rings (SSSR count). The van der Waals surface area contributed by atoms with Gasteiger partial charge in [-0.1, -0.05) is 6.07 Å². The highest BCUT2D eigenvalue weighted by atomic mass is 32.2. The Hall–Kier alpha value is -2.29. The second-order valence-electron chi connectivity index (χ2n) is 7.34. The third kappa shape index (κ3) is 3.80. The van der Waals surface area contributed by atoms with Crippen LogP contribution in [0.5, 0.6) is 0 Å². The first kappa shape index (κ1) is 20.0. The fourth-order valence-electron chi connectivity index (χ4n) is 4.01. The molecule has 2 aromatic rings. The molecule has 1 saturated heterocycles. The lowest BCUT2D eigenvalue weighted by molar-refractivity contribution is 0.0730. The second-order valence-corrected chi connectivity index (χ2v) is 9.27. The molecule has 1 fully saturated rings. The maximum Gasteiger partial charge on any atom is 0.258 e. The molecule has 0 radical (unpaired) electrons. The zero-order valence-corrected chi connectivity index (χ0v) is 17.0. The number of carbonyl (C=O) groups excluding carboxylic acids is 1. The maximum absolute atomic E-state index is 13.8. The van der Waals surface area contributed by atoms with Gasteiger partial charge in [0.15, 0.2) is 0 Å². The fourth-order valence-corrected chi connectivity index (χ4v) is 5.46. The SMILES string of the molecule is Cc1cc(F)cc2c1N(C(=O)c1cccc(S(=O)(=O)N3CCOCC3)c1)CCC2. The van der Waals surface area contributed by atoms with Gasteiger partial charge in [-0.05, 0) is 61.2 Å². The van der Waals surface area contributed by atoms with Crippen LogP contribution in [0, 0.1) is 12.7 Å². The van der Waals surface area contributed by atoms with Gasteiger partial charge < -0.3 is 9.64 Å². The van der Waals surface area contributed by atoms with Crippen molar-refractivity contribution in [2.45, 2.75) is 24.7 Å². The van der Waals surface area contributed by atoms with Gasteiger partial charge >= 0.3 is 0 Å². The van der Waals surface area contributed by atoms with Gasteiger partial charge in [0.2, 0.25) is 10.0 Å². The average Bonchev–Trinajstić information content (AvgIpc) is 2.73. The molecular weight excluding hydrogens is 395 g/mol. The number of aryl methyl sites for hydroxylation is 2. The minimum absolute atomic E-state index is 0.0957. The van der Waals surface area contributed by atoms with Crippen molar-refractivity contribution in [3.8, 4) is 0 Å². The van der Waals surface area contributed by atoms with E-state index in [2.05, 4.69) is 0 Å². The van der Waals surface area contributed by atoms with Gasteiger partial charge in [0.1, 0.15) is 5.82 Å². The summed E-state index contributed by atoms with van der Waals surface area (Å²) in [5, 5.41) is 0. The van der Waals surface area contributed by atoms with E-state index in [1.807, 2.05) is 0 Å². The van der Waals surface area contributed by atoms with E-state index in [-0.39, 0.29) is 16.6 Å². The number of hydrogen-bond donors (Lipinski definition) is 0. The average molecular weight is 418 g/mol. The monoisotopic (exact) mass is 418 g/mol. The van der Waals surface area contributed by atoms with Crippen molar-refractivity contribution in [2.24, 2.45) is 0 Å². The minimum atomic E-state index is -3.69. The molecule has 0 atom stereocenters. The predicted octanol–water partition coefficient (Wildman–Crippen LogP) is 2.75. The first-order chi connectivity index (χ1) is 13.9. The van der Waals surface area contributed by atoms with E-state index in [0.717, 1.165) is 17.7 Å². The molecule has 0 spiro atoms. The molecule has 6 nitrogen and oxygen atoms in total. The van der Waals surface area contributed by atoms with Crippen molar-refractivity contribution in [2.75, 3.05) is 37.7 Å². The molecule has 2 aliphatic heterocycles. The Bertz CT molecular complexity index is 1050. The number of sulfonamides is 1. The van der Waals surface area contributed by atoms with Gasteiger partial charge in [-0.2, -0.15) is 4.31 Å². The Morgan fingerprint density at radius 2 is 1.86 bits per heavy atom. The highest BCUT2D eigenvalue weighted by molar-refractivity contribution is 7.89. The van der Waals surface area contributed by atoms with Gasteiger partial charge in [-0.3, -0.25) is 4.79 Å². The van der Waals surface area contributed by atoms with Gasteiger partial charge in [0.25, 0.3) is 5.91 Å². The number of nitrogens with zero attached hydrogens (tertiary/aromatic N) is 2. The number of morpholine rings is 1. The molecule has 154 valence electrons. The highest BCUT2D eigenvalue weighted by Crippen LogP contribution is 2.33. The maximum atomic E-state index is 13.8. The van der Waals surface area contributed by atoms with E-state index >= 15 is 0 Å². The summed E-state index contributed by atoms with van der Waals surface area (Å²) in [6.45, 7) is 3.61. The van der Waals surface area contributed by atoms with Crippen LogP contribution in [0.3, 0.4) is 0 Å². The van der Waals surface area contributed by atoms with Crippen molar-refractivity contribution in [3.05, 3.63) is 58.9 Å². The van der Waals surface area contributed by atoms with Crippen molar-refractivity contribution in [1.29, 1.82) is 0 Å². The molecule has 29 heavy (non-hydrogen) atoms. The van der Waals surface area contributed by atoms with Gasteiger partial charge in [0, 0.05) is 25.2 Å². The Balaban J connectivity index is 1.67. The molecule has 0 unspecified atom stereocenters. The van der Waals surface area contributed by atoms with E-state index in [0.29, 0.717) is 50.4 Å². The predicted molar refractivity (Wildman–Crippen MR) is 107 cm³/mol. The molecule has 2 aromatic carbocycles. The summed E-state index contributed by atoms with van der Waals surface area (Å²) in [5.41, 5.74) is 2.53. The third-order valence-electron chi connectivity index (χ3n) is 5.38. The normalized spacial score (nSPS) is 17.8. The largest absolute Gasteiger partial charge is 0.379 e.